The Morgan fingerprint density at radius 2 is 1.51 bits per heavy atom. The van der Waals surface area contributed by atoms with Crippen LogP contribution >= 0.6 is 0 Å². The maximum Gasteiger partial charge on any atom is 0.329 e. The van der Waals surface area contributed by atoms with Crippen molar-refractivity contribution in [3.8, 4) is 17.2 Å². The van der Waals surface area contributed by atoms with Gasteiger partial charge >= 0.3 is 11.8 Å². The number of para-hydroxylation sites is 3. The van der Waals surface area contributed by atoms with Gasteiger partial charge in [-0.25, -0.2) is 5.43 Å². The van der Waals surface area contributed by atoms with Gasteiger partial charge in [0.25, 0.3) is 5.91 Å². The van der Waals surface area contributed by atoms with Crippen molar-refractivity contribution in [2.45, 2.75) is 13.8 Å². The first-order valence-electron chi connectivity index (χ1n) is 11.3. The third-order valence-corrected chi connectivity index (χ3v) is 5.23. The predicted octanol–water partition coefficient (Wildman–Crippen LogP) is 3.43. The highest BCUT2D eigenvalue weighted by atomic mass is 16.5. The second kappa shape index (κ2) is 12.7. The maximum absolute atomic E-state index is 12.4. The fourth-order valence-electron chi connectivity index (χ4n) is 3.36. The second-order valence-corrected chi connectivity index (χ2v) is 7.87. The van der Waals surface area contributed by atoms with E-state index in [4.69, 9.17) is 14.2 Å². The molecule has 0 saturated carbocycles. The van der Waals surface area contributed by atoms with Crippen LogP contribution in [0.2, 0.25) is 0 Å². The van der Waals surface area contributed by atoms with Crippen LogP contribution in [0.25, 0.3) is 0 Å². The zero-order chi connectivity index (χ0) is 26.8. The van der Waals surface area contributed by atoms with Gasteiger partial charge in [0.15, 0.2) is 18.1 Å². The number of methoxy groups -OCH3 is 2. The van der Waals surface area contributed by atoms with Crippen molar-refractivity contribution in [3.05, 3.63) is 77.4 Å². The molecule has 0 heterocycles. The van der Waals surface area contributed by atoms with Gasteiger partial charge in [-0.15, -0.1) is 0 Å². The van der Waals surface area contributed by atoms with Crippen LogP contribution in [0, 0.1) is 13.8 Å². The summed E-state index contributed by atoms with van der Waals surface area (Å²) in [6.07, 6.45) is 1.34. The SMILES string of the molecule is COc1ccccc1NC(=O)C(=O)N/N=C\c1ccc(OCC(=O)Nc2c(C)cccc2C)c(OC)c1. The summed E-state index contributed by atoms with van der Waals surface area (Å²) in [5.41, 5.74) is 5.76. The van der Waals surface area contributed by atoms with Crippen molar-refractivity contribution >= 4 is 35.3 Å². The molecule has 0 bridgehead atoms. The Labute approximate surface area is 214 Å². The van der Waals surface area contributed by atoms with Gasteiger partial charge in [-0.05, 0) is 60.9 Å². The number of nitrogens with zero attached hydrogens (tertiary/aromatic N) is 1. The van der Waals surface area contributed by atoms with Gasteiger partial charge in [0.05, 0.1) is 26.1 Å². The molecule has 0 aliphatic heterocycles. The Morgan fingerprint density at radius 1 is 0.811 bits per heavy atom. The van der Waals surface area contributed by atoms with Crippen LogP contribution in [0.4, 0.5) is 11.4 Å². The Morgan fingerprint density at radius 3 is 2.22 bits per heavy atom. The molecule has 0 saturated heterocycles. The molecule has 3 aromatic rings. The average Bonchev–Trinajstić information content (AvgIpc) is 2.90. The molecule has 3 rings (SSSR count). The molecule has 0 fully saturated rings. The number of carbonyl (C=O) groups is 3. The minimum absolute atomic E-state index is 0.213. The number of rotatable bonds is 9. The normalized spacial score (nSPS) is 10.5. The Balaban J connectivity index is 1.55. The first-order valence-corrected chi connectivity index (χ1v) is 11.3. The van der Waals surface area contributed by atoms with Gasteiger partial charge in [-0.2, -0.15) is 5.10 Å². The largest absolute Gasteiger partial charge is 0.495 e. The number of benzene rings is 3. The summed E-state index contributed by atoms with van der Waals surface area (Å²) in [6.45, 7) is 3.62. The number of hydrazone groups is 1. The monoisotopic (exact) mass is 504 g/mol. The fourth-order valence-corrected chi connectivity index (χ4v) is 3.36. The van der Waals surface area contributed by atoms with Crippen molar-refractivity contribution in [3.63, 3.8) is 0 Å². The lowest BCUT2D eigenvalue weighted by Gasteiger charge is -2.13. The topological polar surface area (TPSA) is 127 Å². The number of amides is 3. The zero-order valence-corrected chi connectivity index (χ0v) is 21.0. The van der Waals surface area contributed by atoms with E-state index in [2.05, 4.69) is 21.2 Å². The third-order valence-electron chi connectivity index (χ3n) is 5.23. The maximum atomic E-state index is 12.4. The molecule has 0 radical (unpaired) electrons. The van der Waals surface area contributed by atoms with Crippen molar-refractivity contribution in [2.24, 2.45) is 5.10 Å². The average molecular weight is 505 g/mol. The van der Waals surface area contributed by atoms with Crippen LogP contribution < -0.4 is 30.3 Å². The molecule has 0 aliphatic carbocycles. The standard InChI is InChI=1S/C27H28N4O6/c1-17-8-7-9-18(2)25(17)30-24(32)16-37-22-13-12-19(14-23(22)36-4)15-28-31-27(34)26(33)29-20-10-5-6-11-21(20)35-3/h5-15H,16H2,1-4H3,(H,29,33)(H,30,32)(H,31,34)/b28-15-. The second-order valence-electron chi connectivity index (χ2n) is 7.87. The van der Waals surface area contributed by atoms with E-state index in [0.29, 0.717) is 28.5 Å². The van der Waals surface area contributed by atoms with E-state index in [0.717, 1.165) is 16.8 Å². The Kier molecular flexibility index (Phi) is 9.20. The molecule has 0 aromatic heterocycles. The summed E-state index contributed by atoms with van der Waals surface area (Å²) in [7, 11) is 2.92. The molecular weight excluding hydrogens is 476 g/mol. The minimum atomic E-state index is -0.955. The van der Waals surface area contributed by atoms with E-state index < -0.39 is 11.8 Å². The number of aryl methyl sites for hydroxylation is 2. The summed E-state index contributed by atoms with van der Waals surface area (Å²) < 4.78 is 16.1. The van der Waals surface area contributed by atoms with Gasteiger partial charge in [-0.1, -0.05) is 30.3 Å². The number of nitrogens with one attached hydrogen (secondary N) is 3. The molecule has 3 aromatic carbocycles. The van der Waals surface area contributed by atoms with Crippen LogP contribution in [-0.4, -0.2) is 44.8 Å². The smallest absolute Gasteiger partial charge is 0.329 e. The summed E-state index contributed by atoms with van der Waals surface area (Å²) in [5.74, 6) is -1.02. The molecular formula is C27H28N4O6. The Hall–Kier alpha value is -4.86. The van der Waals surface area contributed by atoms with E-state index >= 15 is 0 Å². The van der Waals surface area contributed by atoms with E-state index in [-0.39, 0.29) is 12.5 Å². The predicted molar refractivity (Wildman–Crippen MR) is 140 cm³/mol. The fraction of sp³-hybridized carbons (Fsp3) is 0.185. The van der Waals surface area contributed by atoms with Gasteiger partial charge in [0, 0.05) is 5.69 Å². The van der Waals surface area contributed by atoms with Crippen molar-refractivity contribution in [2.75, 3.05) is 31.5 Å². The van der Waals surface area contributed by atoms with Crippen LogP contribution in [-0.2, 0) is 14.4 Å². The number of carbonyl (C=O) groups excluding carboxylic acids is 3. The van der Waals surface area contributed by atoms with Gasteiger partial charge in [0.1, 0.15) is 5.75 Å². The molecule has 0 atom stereocenters. The molecule has 3 N–H and O–H groups in total. The quantitative estimate of drug-likeness (QED) is 0.233. The first-order chi connectivity index (χ1) is 17.8. The number of hydrogen-bond donors (Lipinski definition) is 3. The van der Waals surface area contributed by atoms with Gasteiger partial charge < -0.3 is 24.8 Å². The van der Waals surface area contributed by atoms with Crippen LogP contribution in [0.15, 0.2) is 65.8 Å². The molecule has 10 nitrogen and oxygen atoms in total. The van der Waals surface area contributed by atoms with E-state index in [1.165, 1.54) is 20.4 Å². The van der Waals surface area contributed by atoms with E-state index in [1.54, 1.807) is 42.5 Å². The molecule has 0 spiro atoms. The molecule has 10 heteroatoms. The zero-order valence-electron chi connectivity index (χ0n) is 21.0. The van der Waals surface area contributed by atoms with Crippen LogP contribution in [0.5, 0.6) is 17.2 Å². The van der Waals surface area contributed by atoms with Crippen molar-refractivity contribution in [1.29, 1.82) is 0 Å². The van der Waals surface area contributed by atoms with Gasteiger partial charge in [-0.3, -0.25) is 14.4 Å². The number of ether oxygens (including phenoxy) is 3. The lowest BCUT2D eigenvalue weighted by atomic mass is 10.1. The van der Waals surface area contributed by atoms with Crippen LogP contribution in [0.1, 0.15) is 16.7 Å². The summed E-state index contributed by atoms with van der Waals surface area (Å²) >= 11 is 0. The summed E-state index contributed by atoms with van der Waals surface area (Å²) in [4.78, 5) is 36.6. The highest BCUT2D eigenvalue weighted by Crippen LogP contribution is 2.28. The third kappa shape index (κ3) is 7.31. The molecule has 3 amide bonds. The highest BCUT2D eigenvalue weighted by Gasteiger charge is 2.15. The van der Waals surface area contributed by atoms with Crippen molar-refractivity contribution < 1.29 is 28.6 Å². The van der Waals surface area contributed by atoms with Gasteiger partial charge in [0.2, 0.25) is 0 Å². The lowest BCUT2D eigenvalue weighted by Crippen LogP contribution is -2.32. The number of hydrogen-bond acceptors (Lipinski definition) is 7. The minimum Gasteiger partial charge on any atom is -0.495 e. The van der Waals surface area contributed by atoms with Crippen molar-refractivity contribution in [1.82, 2.24) is 5.43 Å². The first kappa shape index (κ1) is 26.7. The van der Waals surface area contributed by atoms with E-state index in [1.807, 2.05) is 32.0 Å². The van der Waals surface area contributed by atoms with Crippen LogP contribution in [0.3, 0.4) is 0 Å². The summed E-state index contributed by atoms with van der Waals surface area (Å²) in [6, 6.07) is 17.4. The molecule has 0 unspecified atom stereocenters. The highest BCUT2D eigenvalue weighted by molar-refractivity contribution is 6.39. The summed E-state index contributed by atoms with van der Waals surface area (Å²) in [5, 5.41) is 9.13. The molecule has 192 valence electrons. The lowest BCUT2D eigenvalue weighted by molar-refractivity contribution is -0.136. The molecule has 0 aliphatic rings. The van der Waals surface area contributed by atoms with E-state index in [9.17, 15) is 14.4 Å². The number of anilines is 2. The Bertz CT molecular complexity index is 1300. The molecule has 37 heavy (non-hydrogen) atoms.